The van der Waals surface area contributed by atoms with Crippen LogP contribution in [0.25, 0.3) is 10.9 Å². The molecule has 9 nitrogen and oxygen atoms in total. The van der Waals surface area contributed by atoms with E-state index in [0.717, 1.165) is 17.3 Å². The van der Waals surface area contributed by atoms with Crippen LogP contribution in [0.15, 0.2) is 30.3 Å². The molecule has 0 unspecified atom stereocenters. The number of carbonyl (C=O) groups is 4. The molecule has 2 saturated heterocycles. The molecule has 2 aromatic rings. The van der Waals surface area contributed by atoms with Crippen LogP contribution in [0, 0.1) is 23.2 Å². The molecule has 2 aliphatic heterocycles. The number of nitrogens with zero attached hydrogens (tertiary/aromatic N) is 1. The summed E-state index contributed by atoms with van der Waals surface area (Å²) in [5, 5.41) is 6.58. The van der Waals surface area contributed by atoms with E-state index in [1.807, 2.05) is 24.3 Å². The summed E-state index contributed by atoms with van der Waals surface area (Å²) in [5.41, 5.74) is 1.23. The zero-order valence-corrected chi connectivity index (χ0v) is 20.3. The third-order valence-corrected chi connectivity index (χ3v) is 8.22. The van der Waals surface area contributed by atoms with Gasteiger partial charge in [-0.1, -0.05) is 32.0 Å². The predicted octanol–water partition coefficient (Wildman–Crippen LogP) is 1.84. The van der Waals surface area contributed by atoms with Gasteiger partial charge in [-0.25, -0.2) is 4.79 Å². The molecule has 0 spiro atoms. The average molecular weight is 481 g/mol. The van der Waals surface area contributed by atoms with Crippen LogP contribution in [0.4, 0.5) is 0 Å². The highest BCUT2D eigenvalue weighted by molar-refractivity contribution is 6.01. The van der Waals surface area contributed by atoms with Crippen molar-refractivity contribution in [2.75, 3.05) is 20.2 Å². The summed E-state index contributed by atoms with van der Waals surface area (Å²) in [6.45, 7) is 5.32. The summed E-state index contributed by atoms with van der Waals surface area (Å²) in [4.78, 5) is 56.7. The maximum atomic E-state index is 13.6. The van der Waals surface area contributed by atoms with Crippen LogP contribution >= 0.6 is 0 Å². The van der Waals surface area contributed by atoms with Gasteiger partial charge in [0.15, 0.2) is 0 Å². The minimum Gasteiger partial charge on any atom is -0.467 e. The normalized spacial score (nSPS) is 27.6. The number of nitrogens with one attached hydrogen (secondary N) is 3. The molecule has 3 amide bonds. The van der Waals surface area contributed by atoms with Crippen LogP contribution in [0.5, 0.6) is 0 Å². The van der Waals surface area contributed by atoms with Crippen molar-refractivity contribution in [3.63, 3.8) is 0 Å². The fraction of sp³-hybridized carbons (Fsp3) is 0.538. The molecule has 0 radical (unpaired) electrons. The number of aromatic nitrogens is 1. The summed E-state index contributed by atoms with van der Waals surface area (Å²) in [7, 11) is 1.27. The van der Waals surface area contributed by atoms with E-state index in [2.05, 4.69) is 29.5 Å². The molecule has 186 valence electrons. The van der Waals surface area contributed by atoms with Gasteiger partial charge in [-0.15, -0.1) is 0 Å². The first-order chi connectivity index (χ1) is 16.7. The van der Waals surface area contributed by atoms with Crippen LogP contribution < -0.4 is 10.6 Å². The Balaban J connectivity index is 1.37. The van der Waals surface area contributed by atoms with Gasteiger partial charge in [0.2, 0.25) is 11.8 Å². The number of piperidine rings is 2. The van der Waals surface area contributed by atoms with Gasteiger partial charge in [0.25, 0.3) is 5.91 Å². The second-order valence-corrected chi connectivity index (χ2v) is 10.6. The Labute approximate surface area is 203 Å². The molecule has 3 fully saturated rings. The molecule has 9 heteroatoms. The number of methoxy groups -OCH3 is 1. The number of hydrogen-bond acceptors (Lipinski definition) is 5. The Hall–Kier alpha value is -3.36. The zero-order chi connectivity index (χ0) is 24.9. The third-order valence-electron chi connectivity index (χ3n) is 8.22. The van der Waals surface area contributed by atoms with Gasteiger partial charge in [0.1, 0.15) is 17.8 Å². The summed E-state index contributed by atoms with van der Waals surface area (Å²) in [6, 6.07) is 7.81. The lowest BCUT2D eigenvalue weighted by Gasteiger charge is -2.31. The first-order valence-electron chi connectivity index (χ1n) is 12.3. The SMILES string of the molecule is COC(=O)[C@H](C[C@@H]1CCCNC1=O)NC(=O)[C@@H]1[C@@H]2[C@H](CN1C(=O)c1cc3ccccc3[nH]1)C2(C)C. The van der Waals surface area contributed by atoms with Crippen LogP contribution in [-0.4, -0.2) is 65.9 Å². The number of para-hydroxylation sites is 1. The summed E-state index contributed by atoms with van der Waals surface area (Å²) >= 11 is 0. The van der Waals surface area contributed by atoms with Crippen molar-refractivity contribution in [3.05, 3.63) is 36.0 Å². The first-order valence-corrected chi connectivity index (χ1v) is 12.3. The van der Waals surface area contributed by atoms with Gasteiger partial charge in [0.05, 0.1) is 7.11 Å². The number of fused-ring (bicyclic) bond motifs is 2. The fourth-order valence-corrected chi connectivity index (χ4v) is 6.10. The number of benzene rings is 1. The molecule has 3 N–H and O–H groups in total. The highest BCUT2D eigenvalue weighted by Gasteiger charge is 2.69. The molecule has 1 aromatic heterocycles. The zero-order valence-electron chi connectivity index (χ0n) is 20.3. The highest BCUT2D eigenvalue weighted by Crippen LogP contribution is 2.65. The van der Waals surface area contributed by atoms with Crippen molar-refractivity contribution in [1.82, 2.24) is 20.5 Å². The van der Waals surface area contributed by atoms with Crippen LogP contribution in [0.1, 0.15) is 43.6 Å². The van der Waals surface area contributed by atoms with Crippen molar-refractivity contribution in [2.24, 2.45) is 23.2 Å². The number of rotatable bonds is 6. The molecular weight excluding hydrogens is 448 g/mol. The number of H-pyrrole nitrogens is 1. The van der Waals surface area contributed by atoms with E-state index in [4.69, 9.17) is 4.74 Å². The Morgan fingerprint density at radius 3 is 2.74 bits per heavy atom. The quantitative estimate of drug-likeness (QED) is 0.545. The molecule has 0 bridgehead atoms. The summed E-state index contributed by atoms with van der Waals surface area (Å²) < 4.78 is 4.94. The fourth-order valence-electron chi connectivity index (χ4n) is 6.10. The van der Waals surface area contributed by atoms with Gasteiger partial charge in [-0.05, 0) is 48.6 Å². The van der Waals surface area contributed by atoms with Gasteiger partial charge in [-0.3, -0.25) is 14.4 Å². The van der Waals surface area contributed by atoms with Crippen molar-refractivity contribution >= 4 is 34.6 Å². The number of likely N-dealkylation sites (tertiary alicyclic amines) is 1. The predicted molar refractivity (Wildman–Crippen MR) is 128 cm³/mol. The van der Waals surface area contributed by atoms with Crippen LogP contribution in [0.3, 0.4) is 0 Å². The third kappa shape index (κ3) is 4.06. The summed E-state index contributed by atoms with van der Waals surface area (Å²) in [5.74, 6) is -1.45. The van der Waals surface area contributed by atoms with Crippen LogP contribution in [-0.2, 0) is 19.1 Å². The molecule has 3 heterocycles. The number of amides is 3. The Morgan fingerprint density at radius 2 is 2.03 bits per heavy atom. The first kappa shape index (κ1) is 23.4. The minimum atomic E-state index is -0.952. The minimum absolute atomic E-state index is 0.00658. The number of carbonyl (C=O) groups excluding carboxylic acids is 4. The second kappa shape index (κ2) is 8.70. The van der Waals surface area contributed by atoms with Crippen LogP contribution in [0.2, 0.25) is 0 Å². The van der Waals surface area contributed by atoms with E-state index < -0.39 is 18.1 Å². The monoisotopic (exact) mass is 480 g/mol. The van der Waals surface area contributed by atoms with E-state index >= 15 is 0 Å². The molecule has 3 aliphatic rings. The average Bonchev–Trinajstić information content (AvgIpc) is 3.24. The van der Waals surface area contributed by atoms with E-state index in [1.54, 1.807) is 11.0 Å². The maximum absolute atomic E-state index is 13.6. The number of aromatic amines is 1. The van der Waals surface area contributed by atoms with Crippen molar-refractivity contribution in [1.29, 1.82) is 0 Å². The van der Waals surface area contributed by atoms with Crippen molar-refractivity contribution in [3.8, 4) is 0 Å². The van der Waals surface area contributed by atoms with Crippen molar-refractivity contribution < 1.29 is 23.9 Å². The van der Waals surface area contributed by atoms with E-state index in [0.29, 0.717) is 25.2 Å². The Bertz CT molecular complexity index is 1150. The summed E-state index contributed by atoms with van der Waals surface area (Å²) in [6.07, 6.45) is 1.65. The number of hydrogen-bond donors (Lipinski definition) is 3. The molecule has 5 atom stereocenters. The van der Waals surface area contributed by atoms with Gasteiger partial charge in [0, 0.05) is 29.9 Å². The van der Waals surface area contributed by atoms with Gasteiger partial charge < -0.3 is 25.3 Å². The van der Waals surface area contributed by atoms with E-state index in [-0.39, 0.29) is 47.3 Å². The smallest absolute Gasteiger partial charge is 0.328 e. The molecule has 1 saturated carbocycles. The number of esters is 1. The highest BCUT2D eigenvalue weighted by atomic mass is 16.5. The second-order valence-electron chi connectivity index (χ2n) is 10.6. The lowest BCUT2D eigenvalue weighted by Crippen LogP contribution is -2.54. The van der Waals surface area contributed by atoms with E-state index in [1.165, 1.54) is 7.11 Å². The Morgan fingerprint density at radius 1 is 1.26 bits per heavy atom. The number of ether oxygens (including phenoxy) is 1. The molecule has 1 aromatic carbocycles. The standard InChI is InChI=1S/C26H32N4O5/c1-26(2)16-13-30(24(33)18-11-14-7-4-5-9-17(14)28-18)21(20(16)26)23(32)29-19(25(34)35-3)12-15-8-6-10-27-22(15)31/h4-5,7,9,11,15-16,19-21,28H,6,8,10,12-13H2,1-3H3,(H,27,31)(H,29,32)/t15-,16-,19-,20-,21-/m0/s1. The van der Waals surface area contributed by atoms with Gasteiger partial charge >= 0.3 is 5.97 Å². The van der Waals surface area contributed by atoms with Gasteiger partial charge in [-0.2, -0.15) is 0 Å². The van der Waals surface area contributed by atoms with E-state index in [9.17, 15) is 19.2 Å². The molecule has 5 rings (SSSR count). The molecular formula is C26H32N4O5. The Kier molecular flexibility index (Phi) is 5.81. The maximum Gasteiger partial charge on any atom is 0.328 e. The molecule has 35 heavy (non-hydrogen) atoms. The lowest BCUT2D eigenvalue weighted by atomic mass is 9.91. The molecule has 1 aliphatic carbocycles. The lowest BCUT2D eigenvalue weighted by molar-refractivity contribution is -0.146. The largest absolute Gasteiger partial charge is 0.467 e. The van der Waals surface area contributed by atoms with Crippen molar-refractivity contribution in [2.45, 2.75) is 45.2 Å². The topological polar surface area (TPSA) is 121 Å².